The first-order chi connectivity index (χ1) is 9.49. The number of amides is 3. The van der Waals surface area contributed by atoms with Gasteiger partial charge in [0, 0.05) is 29.8 Å². The Bertz CT molecular complexity index is 644. The third-order valence-corrected chi connectivity index (χ3v) is 3.77. The van der Waals surface area contributed by atoms with E-state index in [4.69, 9.17) is 13.6 Å². The SMILES string of the molecule is [B]c1ccc(N)c2c1C(=O)N(C1CCC(=O)NC1=O)C2. The molecular formula is C13H12BN3O3. The molecule has 100 valence electrons. The van der Waals surface area contributed by atoms with Crippen LogP contribution in [0.3, 0.4) is 0 Å². The van der Waals surface area contributed by atoms with Crippen molar-refractivity contribution in [1.82, 2.24) is 10.2 Å². The van der Waals surface area contributed by atoms with Crippen LogP contribution in [0.2, 0.25) is 0 Å². The number of hydrogen-bond donors (Lipinski definition) is 2. The van der Waals surface area contributed by atoms with Gasteiger partial charge in [0.05, 0.1) is 0 Å². The van der Waals surface area contributed by atoms with Crippen molar-refractivity contribution in [2.24, 2.45) is 0 Å². The van der Waals surface area contributed by atoms with Crippen LogP contribution >= 0.6 is 0 Å². The Hall–Kier alpha value is -2.31. The summed E-state index contributed by atoms with van der Waals surface area (Å²) in [6, 6.07) is 2.58. The van der Waals surface area contributed by atoms with Gasteiger partial charge in [0.2, 0.25) is 11.8 Å². The molecular weight excluding hydrogens is 257 g/mol. The third-order valence-electron chi connectivity index (χ3n) is 3.77. The number of piperidine rings is 1. The predicted octanol–water partition coefficient (Wildman–Crippen LogP) is -1.18. The van der Waals surface area contributed by atoms with Gasteiger partial charge in [0.1, 0.15) is 13.9 Å². The molecule has 2 aliphatic rings. The zero-order valence-electron chi connectivity index (χ0n) is 10.7. The maximum Gasteiger partial charge on any atom is 0.254 e. The van der Waals surface area contributed by atoms with Crippen molar-refractivity contribution < 1.29 is 14.4 Å². The molecule has 0 saturated carbocycles. The lowest BCUT2D eigenvalue weighted by Crippen LogP contribution is -2.52. The molecule has 1 unspecified atom stereocenters. The minimum Gasteiger partial charge on any atom is -0.398 e. The number of hydrogen-bond acceptors (Lipinski definition) is 4. The topological polar surface area (TPSA) is 92.5 Å². The Labute approximate surface area is 116 Å². The first kappa shape index (κ1) is 12.7. The summed E-state index contributed by atoms with van der Waals surface area (Å²) in [7, 11) is 5.82. The van der Waals surface area contributed by atoms with E-state index in [1.54, 1.807) is 12.1 Å². The van der Waals surface area contributed by atoms with Crippen molar-refractivity contribution in [1.29, 1.82) is 0 Å². The molecule has 0 spiro atoms. The first-order valence-corrected chi connectivity index (χ1v) is 6.30. The monoisotopic (exact) mass is 269 g/mol. The fraction of sp³-hybridized carbons (Fsp3) is 0.308. The minimum atomic E-state index is -0.647. The molecule has 6 nitrogen and oxygen atoms in total. The van der Waals surface area contributed by atoms with Crippen molar-refractivity contribution >= 4 is 36.7 Å². The second-order valence-corrected chi connectivity index (χ2v) is 5.00. The molecule has 3 amide bonds. The highest BCUT2D eigenvalue weighted by Crippen LogP contribution is 2.29. The summed E-state index contributed by atoms with van der Waals surface area (Å²) >= 11 is 0. The number of fused-ring (bicyclic) bond motifs is 1. The van der Waals surface area contributed by atoms with Crippen molar-refractivity contribution in [3.63, 3.8) is 0 Å². The lowest BCUT2D eigenvalue weighted by molar-refractivity contribution is -0.136. The molecule has 0 aromatic heterocycles. The largest absolute Gasteiger partial charge is 0.398 e. The zero-order valence-corrected chi connectivity index (χ0v) is 10.7. The summed E-state index contributed by atoms with van der Waals surface area (Å²) in [4.78, 5) is 36.9. The van der Waals surface area contributed by atoms with Gasteiger partial charge in [0.15, 0.2) is 0 Å². The molecule has 3 N–H and O–H groups in total. The highest BCUT2D eigenvalue weighted by Gasteiger charge is 2.40. The van der Waals surface area contributed by atoms with E-state index in [9.17, 15) is 14.4 Å². The molecule has 1 atom stereocenters. The lowest BCUT2D eigenvalue weighted by atomic mass is 9.88. The molecule has 7 heteroatoms. The fourth-order valence-corrected chi connectivity index (χ4v) is 2.72. The van der Waals surface area contributed by atoms with E-state index in [0.717, 1.165) is 0 Å². The Morgan fingerprint density at radius 2 is 2.05 bits per heavy atom. The Kier molecular flexibility index (Phi) is 2.77. The second-order valence-electron chi connectivity index (χ2n) is 5.00. The van der Waals surface area contributed by atoms with E-state index in [1.165, 1.54) is 4.90 Å². The van der Waals surface area contributed by atoms with Crippen LogP contribution in [0.5, 0.6) is 0 Å². The lowest BCUT2D eigenvalue weighted by Gasteiger charge is -2.29. The van der Waals surface area contributed by atoms with Gasteiger partial charge < -0.3 is 10.6 Å². The molecule has 0 bridgehead atoms. The molecule has 1 fully saturated rings. The van der Waals surface area contributed by atoms with Crippen LogP contribution in [-0.4, -0.2) is 36.5 Å². The van der Waals surface area contributed by atoms with Gasteiger partial charge >= 0.3 is 0 Å². The van der Waals surface area contributed by atoms with Crippen LogP contribution in [0.1, 0.15) is 28.8 Å². The average molecular weight is 269 g/mol. The van der Waals surface area contributed by atoms with Crippen LogP contribution < -0.4 is 16.5 Å². The van der Waals surface area contributed by atoms with Crippen LogP contribution in [0.25, 0.3) is 0 Å². The number of rotatable bonds is 1. The summed E-state index contributed by atoms with van der Waals surface area (Å²) < 4.78 is 0. The summed E-state index contributed by atoms with van der Waals surface area (Å²) in [5.41, 5.74) is 7.72. The molecule has 2 radical (unpaired) electrons. The second kappa shape index (κ2) is 4.36. The maximum atomic E-state index is 12.4. The van der Waals surface area contributed by atoms with Gasteiger partial charge in [-0.3, -0.25) is 19.7 Å². The van der Waals surface area contributed by atoms with Crippen molar-refractivity contribution in [2.45, 2.75) is 25.4 Å². The van der Waals surface area contributed by atoms with Gasteiger partial charge in [-0.15, -0.1) is 0 Å². The molecule has 1 saturated heterocycles. The van der Waals surface area contributed by atoms with Crippen molar-refractivity contribution in [3.8, 4) is 0 Å². The highest BCUT2D eigenvalue weighted by atomic mass is 16.2. The first-order valence-electron chi connectivity index (χ1n) is 6.30. The Morgan fingerprint density at radius 3 is 2.70 bits per heavy atom. The van der Waals surface area contributed by atoms with E-state index in [1.807, 2.05) is 0 Å². The molecule has 20 heavy (non-hydrogen) atoms. The van der Waals surface area contributed by atoms with Crippen LogP contribution in [0.15, 0.2) is 12.1 Å². The van der Waals surface area contributed by atoms with Gasteiger partial charge in [-0.1, -0.05) is 11.5 Å². The smallest absolute Gasteiger partial charge is 0.254 e. The summed E-state index contributed by atoms with van der Waals surface area (Å²) in [5.74, 6) is -1.06. The minimum absolute atomic E-state index is 0.224. The number of nitrogens with two attached hydrogens (primary N) is 1. The van der Waals surface area contributed by atoms with E-state index >= 15 is 0 Å². The fourth-order valence-electron chi connectivity index (χ4n) is 2.72. The number of carbonyl (C=O) groups is 3. The molecule has 2 heterocycles. The summed E-state index contributed by atoms with van der Waals surface area (Å²) in [6.07, 6.45) is 0.547. The van der Waals surface area contributed by atoms with Crippen LogP contribution in [0.4, 0.5) is 5.69 Å². The van der Waals surface area contributed by atoms with Gasteiger partial charge in [-0.2, -0.15) is 0 Å². The van der Waals surface area contributed by atoms with E-state index in [2.05, 4.69) is 5.32 Å². The Balaban J connectivity index is 1.94. The number of carbonyl (C=O) groups excluding carboxylic acids is 3. The number of nitrogens with zero attached hydrogens (tertiary/aromatic N) is 1. The van der Waals surface area contributed by atoms with Gasteiger partial charge in [-0.05, 0) is 12.5 Å². The highest BCUT2D eigenvalue weighted by molar-refractivity contribution is 6.37. The summed E-state index contributed by atoms with van der Waals surface area (Å²) in [6.45, 7) is 0.247. The van der Waals surface area contributed by atoms with E-state index in [0.29, 0.717) is 28.7 Å². The van der Waals surface area contributed by atoms with E-state index < -0.39 is 11.9 Å². The average Bonchev–Trinajstić information content (AvgIpc) is 2.73. The molecule has 2 aliphatic heterocycles. The van der Waals surface area contributed by atoms with E-state index in [-0.39, 0.29) is 24.8 Å². The van der Waals surface area contributed by atoms with Crippen molar-refractivity contribution in [2.75, 3.05) is 5.73 Å². The van der Waals surface area contributed by atoms with Gasteiger partial charge in [-0.25, -0.2) is 0 Å². The molecule has 3 rings (SSSR count). The predicted molar refractivity (Wildman–Crippen MR) is 72.3 cm³/mol. The maximum absolute atomic E-state index is 12.4. The van der Waals surface area contributed by atoms with Crippen LogP contribution in [0, 0.1) is 0 Å². The number of benzene rings is 1. The Morgan fingerprint density at radius 1 is 1.30 bits per heavy atom. The number of nitrogens with one attached hydrogen (secondary N) is 1. The quantitative estimate of drug-likeness (QED) is 0.381. The summed E-state index contributed by atoms with van der Waals surface area (Å²) in [5, 5.41) is 2.25. The van der Waals surface area contributed by atoms with Gasteiger partial charge in [0.25, 0.3) is 5.91 Å². The molecule has 1 aromatic rings. The third kappa shape index (κ3) is 1.78. The number of imide groups is 1. The molecule has 1 aromatic carbocycles. The standard InChI is InChI=1S/C13H12BN3O3/c14-7-1-2-8(15)6-5-17(13(20)11(6)7)9-3-4-10(18)16-12(9)19/h1-2,9H,3-5,15H2,(H,16,18,19). The zero-order chi connectivity index (χ0) is 14.4. The van der Waals surface area contributed by atoms with Crippen molar-refractivity contribution in [3.05, 3.63) is 23.3 Å². The number of nitrogen functional groups attached to an aromatic ring is 1. The molecule has 0 aliphatic carbocycles. The number of anilines is 1. The van der Waals surface area contributed by atoms with Crippen LogP contribution in [-0.2, 0) is 16.1 Å². The normalized spacial score (nSPS) is 21.9.